The third kappa shape index (κ3) is 15.2. The van der Waals surface area contributed by atoms with Crippen LogP contribution in [0, 0.1) is 0 Å². The van der Waals surface area contributed by atoms with E-state index in [2.05, 4.69) is 39.9 Å². The van der Waals surface area contributed by atoms with Gasteiger partial charge in [-0.15, -0.1) is 0 Å². The SMILES string of the molecule is CC(C)NC(C)C.CCCC=C(C)C(=O)OCC. The van der Waals surface area contributed by atoms with E-state index in [0.717, 1.165) is 12.8 Å². The number of rotatable bonds is 6. The lowest BCUT2D eigenvalue weighted by Gasteiger charge is -2.10. The number of esters is 1. The van der Waals surface area contributed by atoms with Crippen LogP contribution in [-0.4, -0.2) is 24.7 Å². The summed E-state index contributed by atoms with van der Waals surface area (Å²) < 4.78 is 4.79. The summed E-state index contributed by atoms with van der Waals surface area (Å²) >= 11 is 0. The molecule has 1 N–H and O–H groups in total. The number of hydrogen-bond acceptors (Lipinski definition) is 3. The standard InChI is InChI=1S/C9H16O2.C6H15N/c1-4-6-7-8(3)9(10)11-5-2;1-5(2)7-6(3)4/h7H,4-6H2,1-3H3;5-7H,1-4H3. The highest BCUT2D eigenvalue weighted by Gasteiger charge is 2.01. The Morgan fingerprint density at radius 3 is 1.94 bits per heavy atom. The molecule has 0 fully saturated rings. The number of allylic oxidation sites excluding steroid dienone is 1. The van der Waals surface area contributed by atoms with Crippen LogP contribution in [0.25, 0.3) is 0 Å². The minimum Gasteiger partial charge on any atom is -0.463 e. The van der Waals surface area contributed by atoms with Gasteiger partial charge < -0.3 is 10.1 Å². The number of ether oxygens (including phenoxy) is 1. The van der Waals surface area contributed by atoms with Crippen molar-refractivity contribution in [1.29, 1.82) is 0 Å². The van der Waals surface area contributed by atoms with Crippen LogP contribution in [0.5, 0.6) is 0 Å². The molecule has 108 valence electrons. The molecule has 0 spiro atoms. The molecule has 0 aliphatic heterocycles. The fraction of sp³-hybridized carbons (Fsp3) is 0.800. The van der Waals surface area contributed by atoms with Gasteiger partial charge >= 0.3 is 5.97 Å². The Morgan fingerprint density at radius 1 is 1.17 bits per heavy atom. The first-order valence-electron chi connectivity index (χ1n) is 6.94. The Labute approximate surface area is 113 Å². The van der Waals surface area contributed by atoms with E-state index in [1.54, 1.807) is 6.92 Å². The molecule has 18 heavy (non-hydrogen) atoms. The molecule has 0 radical (unpaired) electrons. The lowest BCUT2D eigenvalue weighted by molar-refractivity contribution is -0.138. The maximum atomic E-state index is 11.0. The Bertz CT molecular complexity index is 227. The fourth-order valence-corrected chi connectivity index (χ4v) is 1.36. The number of hydrogen-bond donors (Lipinski definition) is 1. The Balaban J connectivity index is 0. The molecule has 0 aliphatic rings. The van der Waals surface area contributed by atoms with Gasteiger partial charge in [0, 0.05) is 17.7 Å². The zero-order chi connectivity index (χ0) is 14.6. The molecule has 0 aliphatic carbocycles. The zero-order valence-corrected chi connectivity index (χ0v) is 13.2. The Morgan fingerprint density at radius 2 is 1.67 bits per heavy atom. The van der Waals surface area contributed by atoms with Gasteiger partial charge in [0.25, 0.3) is 0 Å². The van der Waals surface area contributed by atoms with Crippen LogP contribution in [0.15, 0.2) is 11.6 Å². The van der Waals surface area contributed by atoms with Crippen molar-refractivity contribution in [2.24, 2.45) is 0 Å². The van der Waals surface area contributed by atoms with Crippen LogP contribution < -0.4 is 5.32 Å². The molecule has 0 aromatic carbocycles. The second-order valence-electron chi connectivity index (χ2n) is 4.87. The van der Waals surface area contributed by atoms with Gasteiger partial charge in [0.15, 0.2) is 0 Å². The highest BCUT2D eigenvalue weighted by Crippen LogP contribution is 2.00. The van der Waals surface area contributed by atoms with Gasteiger partial charge in [-0.25, -0.2) is 4.79 Å². The first-order valence-corrected chi connectivity index (χ1v) is 6.94. The molecule has 0 amide bonds. The molecular formula is C15H31NO2. The average molecular weight is 257 g/mol. The smallest absolute Gasteiger partial charge is 0.333 e. The van der Waals surface area contributed by atoms with Crippen molar-refractivity contribution in [2.45, 2.75) is 73.4 Å². The van der Waals surface area contributed by atoms with Crippen LogP contribution in [0.3, 0.4) is 0 Å². The molecule has 0 saturated carbocycles. The summed E-state index contributed by atoms with van der Waals surface area (Å²) in [6.07, 6.45) is 3.93. The second kappa shape index (κ2) is 12.6. The van der Waals surface area contributed by atoms with Crippen molar-refractivity contribution in [1.82, 2.24) is 5.32 Å². The van der Waals surface area contributed by atoms with Crippen LogP contribution >= 0.6 is 0 Å². The third-order valence-electron chi connectivity index (χ3n) is 2.00. The number of carbonyl (C=O) groups is 1. The fourth-order valence-electron chi connectivity index (χ4n) is 1.36. The van der Waals surface area contributed by atoms with E-state index in [1.165, 1.54) is 0 Å². The third-order valence-corrected chi connectivity index (χ3v) is 2.00. The maximum absolute atomic E-state index is 11.0. The summed E-state index contributed by atoms with van der Waals surface area (Å²) in [6.45, 7) is 14.7. The zero-order valence-electron chi connectivity index (χ0n) is 13.2. The number of unbranched alkanes of at least 4 members (excludes halogenated alkanes) is 1. The molecule has 0 saturated heterocycles. The lowest BCUT2D eigenvalue weighted by Crippen LogP contribution is -2.29. The van der Waals surface area contributed by atoms with Gasteiger partial charge in [0.1, 0.15) is 0 Å². The van der Waals surface area contributed by atoms with E-state index < -0.39 is 0 Å². The first kappa shape index (κ1) is 19.5. The molecule has 0 aromatic heterocycles. The molecule has 3 heteroatoms. The van der Waals surface area contributed by atoms with Crippen molar-refractivity contribution in [2.75, 3.05) is 6.61 Å². The van der Waals surface area contributed by atoms with Crippen LogP contribution in [0.4, 0.5) is 0 Å². The van der Waals surface area contributed by atoms with Crippen molar-refractivity contribution >= 4 is 5.97 Å². The predicted molar refractivity (Wildman–Crippen MR) is 78.7 cm³/mol. The highest BCUT2D eigenvalue weighted by atomic mass is 16.5. The van der Waals surface area contributed by atoms with Crippen LogP contribution in [-0.2, 0) is 9.53 Å². The normalized spacial score (nSPS) is 11.3. The van der Waals surface area contributed by atoms with Gasteiger partial charge in [-0.2, -0.15) is 0 Å². The number of carbonyl (C=O) groups excluding carboxylic acids is 1. The van der Waals surface area contributed by atoms with Gasteiger partial charge in [0.2, 0.25) is 0 Å². The molecule has 0 rings (SSSR count). The van der Waals surface area contributed by atoms with E-state index in [0.29, 0.717) is 24.3 Å². The van der Waals surface area contributed by atoms with Crippen molar-refractivity contribution < 1.29 is 9.53 Å². The van der Waals surface area contributed by atoms with Gasteiger partial charge in [-0.1, -0.05) is 47.1 Å². The van der Waals surface area contributed by atoms with E-state index >= 15 is 0 Å². The summed E-state index contributed by atoms with van der Waals surface area (Å²) in [5, 5.41) is 3.31. The topological polar surface area (TPSA) is 38.3 Å². The first-order chi connectivity index (χ1) is 8.34. The largest absolute Gasteiger partial charge is 0.463 e. The van der Waals surface area contributed by atoms with Crippen molar-refractivity contribution in [3.05, 3.63) is 11.6 Å². The second-order valence-corrected chi connectivity index (χ2v) is 4.87. The van der Waals surface area contributed by atoms with Crippen LogP contribution in [0.1, 0.15) is 61.3 Å². The summed E-state index contributed by atoms with van der Waals surface area (Å²) in [7, 11) is 0. The maximum Gasteiger partial charge on any atom is 0.333 e. The van der Waals surface area contributed by atoms with Crippen molar-refractivity contribution in [3.8, 4) is 0 Å². The van der Waals surface area contributed by atoms with Gasteiger partial charge in [0.05, 0.1) is 6.61 Å². The van der Waals surface area contributed by atoms with Gasteiger partial charge in [-0.05, 0) is 20.3 Å². The Hall–Kier alpha value is -0.830. The average Bonchev–Trinajstić information content (AvgIpc) is 2.25. The summed E-state index contributed by atoms with van der Waals surface area (Å²) in [6, 6.07) is 1.25. The summed E-state index contributed by atoms with van der Waals surface area (Å²) in [5.74, 6) is -0.194. The minimum atomic E-state index is -0.194. The van der Waals surface area contributed by atoms with Crippen LogP contribution in [0.2, 0.25) is 0 Å². The molecule has 0 bridgehead atoms. The van der Waals surface area contributed by atoms with E-state index in [4.69, 9.17) is 4.74 Å². The number of nitrogens with one attached hydrogen (secondary N) is 1. The monoisotopic (exact) mass is 257 g/mol. The molecule has 0 heterocycles. The summed E-state index contributed by atoms with van der Waals surface area (Å²) in [4.78, 5) is 11.0. The van der Waals surface area contributed by atoms with E-state index in [1.807, 2.05) is 13.0 Å². The Kier molecular flexibility index (Phi) is 13.7. The predicted octanol–water partition coefficient (Wildman–Crippen LogP) is 3.69. The van der Waals surface area contributed by atoms with E-state index in [9.17, 15) is 4.79 Å². The van der Waals surface area contributed by atoms with Gasteiger partial charge in [-0.3, -0.25) is 0 Å². The quantitative estimate of drug-likeness (QED) is 0.582. The minimum absolute atomic E-state index is 0.194. The molecular weight excluding hydrogens is 226 g/mol. The van der Waals surface area contributed by atoms with E-state index in [-0.39, 0.29) is 5.97 Å². The lowest BCUT2D eigenvalue weighted by atomic mass is 10.2. The van der Waals surface area contributed by atoms with Crippen molar-refractivity contribution in [3.63, 3.8) is 0 Å². The summed E-state index contributed by atoms with van der Waals surface area (Å²) in [5.41, 5.74) is 0.716. The molecule has 3 nitrogen and oxygen atoms in total. The molecule has 0 unspecified atom stereocenters. The molecule has 0 atom stereocenters. The highest BCUT2D eigenvalue weighted by molar-refractivity contribution is 5.87. The molecule has 0 aromatic rings.